The van der Waals surface area contributed by atoms with Gasteiger partial charge in [-0.25, -0.2) is 0 Å². The number of carbonyl (C=O) groups is 7. The molecule has 0 aliphatic rings. The number of nitrogens with one attached hydrogen (secondary N) is 4. The predicted molar refractivity (Wildman–Crippen MR) is 284 cm³/mol. The molecule has 4 amide bonds. The number of nitrogens with two attached hydrogens (primary N) is 8. The Morgan fingerprint density at radius 2 is 0.736 bits per heavy atom. The Balaban J connectivity index is 5.89. The van der Waals surface area contributed by atoms with Crippen molar-refractivity contribution in [3.8, 4) is 0 Å². The van der Waals surface area contributed by atoms with Crippen molar-refractivity contribution in [3.05, 3.63) is 0 Å². The quantitative estimate of drug-likeness (QED) is 0.0378. The topological polar surface area (TPSA) is 394 Å². The number of amides is 4. The van der Waals surface area contributed by atoms with Gasteiger partial charge < -0.3 is 76.6 Å². The van der Waals surface area contributed by atoms with E-state index in [0.29, 0.717) is 175 Å². The number of ketones is 3. The number of Topliss-reactive ketones (excluding diaryl/α,β-unsaturated/α-hetero) is 3. The summed E-state index contributed by atoms with van der Waals surface area (Å²) in [6, 6.07) is -5.47. The maximum Gasteiger partial charge on any atom is 0.243 e. The first-order valence-corrected chi connectivity index (χ1v) is 27.4. The van der Waals surface area contributed by atoms with Crippen LogP contribution in [0, 0.1) is 0 Å². The molecule has 7 unspecified atom stereocenters. The molecule has 0 aromatic carbocycles. The molecule has 20 N–H and O–H groups in total. The van der Waals surface area contributed by atoms with E-state index in [4.69, 9.17) is 55.3 Å². The first-order valence-electron chi connectivity index (χ1n) is 27.4. The van der Waals surface area contributed by atoms with Crippen molar-refractivity contribution in [2.24, 2.45) is 45.9 Å². The molecule has 0 bridgehead atoms. The lowest BCUT2D eigenvalue weighted by Crippen LogP contribution is -2.54. The molecule has 21 nitrogen and oxygen atoms in total. The summed E-state index contributed by atoms with van der Waals surface area (Å²) in [4.78, 5) is 92.9. The summed E-state index contributed by atoms with van der Waals surface area (Å²) in [7, 11) is 0. The second kappa shape index (κ2) is 46.1. The molecule has 0 saturated heterocycles. The van der Waals surface area contributed by atoms with Crippen LogP contribution in [0.25, 0.3) is 0 Å². The van der Waals surface area contributed by atoms with Crippen molar-refractivity contribution < 1.29 is 43.0 Å². The number of hydrogen-bond donors (Lipinski definition) is 12. The van der Waals surface area contributed by atoms with Gasteiger partial charge in [-0.3, -0.25) is 33.6 Å². The highest BCUT2D eigenvalue weighted by molar-refractivity contribution is 5.93. The number of unbranched alkanes of at least 4 members (excludes halogenated alkanes) is 9. The van der Waals surface area contributed by atoms with Crippen LogP contribution in [0.1, 0.15) is 180 Å². The van der Waals surface area contributed by atoms with Gasteiger partial charge in [0.15, 0.2) is 5.78 Å². The van der Waals surface area contributed by atoms with Gasteiger partial charge in [-0.1, -0.05) is 51.4 Å². The fourth-order valence-corrected chi connectivity index (χ4v) is 8.01. The zero-order chi connectivity index (χ0) is 53.8. The van der Waals surface area contributed by atoms with Gasteiger partial charge in [0.05, 0.1) is 43.4 Å². The van der Waals surface area contributed by atoms with Gasteiger partial charge in [0, 0.05) is 39.0 Å². The van der Waals surface area contributed by atoms with E-state index >= 15 is 0 Å². The van der Waals surface area contributed by atoms with Crippen molar-refractivity contribution >= 4 is 41.0 Å². The van der Waals surface area contributed by atoms with Gasteiger partial charge in [0.1, 0.15) is 23.7 Å². The molecule has 0 aliphatic heterocycles. The van der Waals surface area contributed by atoms with Gasteiger partial charge >= 0.3 is 0 Å². The summed E-state index contributed by atoms with van der Waals surface area (Å²) in [5.41, 5.74) is 46.9. The highest BCUT2D eigenvalue weighted by atomic mass is 16.5. The Bertz CT molecular complexity index is 1470. The summed E-state index contributed by atoms with van der Waals surface area (Å²) in [6.45, 7) is 5.88. The van der Waals surface area contributed by atoms with E-state index in [0.717, 1.165) is 32.1 Å². The van der Waals surface area contributed by atoms with E-state index < -0.39 is 60.0 Å². The zero-order valence-electron chi connectivity index (χ0n) is 44.3. The van der Waals surface area contributed by atoms with E-state index in [2.05, 4.69) is 21.3 Å². The lowest BCUT2D eigenvalue weighted by atomic mass is 9.98. The summed E-state index contributed by atoms with van der Waals surface area (Å²) in [5, 5.41) is 11.5. The third-order valence-corrected chi connectivity index (χ3v) is 12.7. The first kappa shape index (κ1) is 68.5. The van der Waals surface area contributed by atoms with Crippen LogP contribution >= 0.6 is 0 Å². The summed E-state index contributed by atoms with van der Waals surface area (Å²) in [6.07, 6.45) is 14.4. The van der Waals surface area contributed by atoms with Crippen molar-refractivity contribution in [1.29, 1.82) is 0 Å². The molecule has 0 spiro atoms. The van der Waals surface area contributed by atoms with E-state index in [1.165, 1.54) is 0 Å². The minimum Gasteiger partial charge on any atom is -0.379 e. The van der Waals surface area contributed by atoms with Gasteiger partial charge in [-0.05, 0) is 136 Å². The van der Waals surface area contributed by atoms with Crippen LogP contribution in [-0.2, 0) is 43.0 Å². The molecule has 0 aromatic rings. The Labute approximate surface area is 431 Å². The number of hydrogen-bond acceptors (Lipinski definition) is 17. The van der Waals surface area contributed by atoms with Crippen LogP contribution in [0.15, 0.2) is 0 Å². The summed E-state index contributed by atoms with van der Waals surface area (Å²) >= 11 is 0. The average molecular weight is 1030 g/mol. The standard InChI is InChI=1S/C51H102N12O9/c1-2-71-36-37-72-35-19-29-47(66)42(61-51(70)44(63-49(68)41(59)23-12-17-33-55)26-6-4-8-28-46(65)39(57)21-10-15-31-53)24-13-18-34-60-50(69)43(62-48(67)40(58)22-11-16-32-54)25-5-3-7-27-45(64)38(56)20-9-14-30-52/h38-44H,2-37,52-59H2,1H3,(H,60,69)(H,61,70)(H,62,67)(H,63,68). The fourth-order valence-electron chi connectivity index (χ4n) is 8.01. The molecule has 0 aliphatic carbocycles. The maximum absolute atomic E-state index is 14.1. The molecule has 0 aromatic heterocycles. The average Bonchev–Trinajstić information content (AvgIpc) is 3.36. The third kappa shape index (κ3) is 35.6. The van der Waals surface area contributed by atoms with Crippen LogP contribution in [0.3, 0.4) is 0 Å². The number of carbonyl (C=O) groups excluding carboxylic acids is 7. The highest BCUT2D eigenvalue weighted by Crippen LogP contribution is 2.14. The molecule has 7 atom stereocenters. The number of ether oxygens (including phenoxy) is 2. The van der Waals surface area contributed by atoms with E-state index in [1.807, 2.05) is 6.92 Å². The van der Waals surface area contributed by atoms with E-state index in [-0.39, 0.29) is 49.1 Å². The Hall–Kier alpha value is -3.51. The van der Waals surface area contributed by atoms with Crippen molar-refractivity contribution in [1.82, 2.24) is 21.3 Å². The second-order valence-electron chi connectivity index (χ2n) is 19.0. The van der Waals surface area contributed by atoms with Gasteiger partial charge in [0.25, 0.3) is 0 Å². The minimum atomic E-state index is -0.991. The SMILES string of the molecule is CCOCCOCCCC(=O)C(CCCCNC(=O)C(CCCCCC(=O)C(N)CCCCN)NC(=O)C(N)CCCCN)NC(=O)C(CCCCCC(=O)C(N)CCCCN)NC(=O)C(N)CCCCN. The van der Waals surface area contributed by atoms with Gasteiger partial charge in [-0.15, -0.1) is 0 Å². The van der Waals surface area contributed by atoms with Crippen LogP contribution in [0.4, 0.5) is 0 Å². The van der Waals surface area contributed by atoms with Crippen LogP contribution in [0.5, 0.6) is 0 Å². The fraction of sp³-hybridized carbons (Fsp3) is 0.863. The van der Waals surface area contributed by atoms with Crippen LogP contribution < -0.4 is 67.1 Å². The predicted octanol–water partition coefficient (Wildman–Crippen LogP) is 0.994. The molecule has 0 radical (unpaired) electrons. The lowest BCUT2D eigenvalue weighted by molar-refractivity contribution is -0.132. The molecule has 21 heteroatoms. The smallest absolute Gasteiger partial charge is 0.243 e. The maximum atomic E-state index is 14.1. The largest absolute Gasteiger partial charge is 0.379 e. The molecule has 420 valence electrons. The summed E-state index contributed by atoms with van der Waals surface area (Å²) < 4.78 is 10.9. The highest BCUT2D eigenvalue weighted by Gasteiger charge is 2.29. The molecule has 0 heterocycles. The second-order valence-corrected chi connectivity index (χ2v) is 19.0. The molecule has 0 saturated carbocycles. The van der Waals surface area contributed by atoms with Gasteiger partial charge in [0.2, 0.25) is 23.6 Å². The molecular formula is C51H102N12O9. The van der Waals surface area contributed by atoms with Crippen molar-refractivity contribution in [3.63, 3.8) is 0 Å². The minimum absolute atomic E-state index is 0.00215. The van der Waals surface area contributed by atoms with Gasteiger partial charge in [-0.2, -0.15) is 0 Å². The Morgan fingerprint density at radius 1 is 0.361 bits per heavy atom. The Kier molecular flexibility index (Phi) is 43.8. The first-order chi connectivity index (χ1) is 34.7. The van der Waals surface area contributed by atoms with E-state index in [1.54, 1.807) is 0 Å². The molecule has 0 rings (SSSR count). The summed E-state index contributed by atoms with van der Waals surface area (Å²) in [5.74, 6) is -2.05. The van der Waals surface area contributed by atoms with Crippen LogP contribution in [0.2, 0.25) is 0 Å². The van der Waals surface area contributed by atoms with Crippen molar-refractivity contribution in [2.75, 3.05) is 59.2 Å². The zero-order valence-corrected chi connectivity index (χ0v) is 44.3. The molecule has 0 fully saturated rings. The normalized spacial score (nSPS) is 14.3. The number of rotatable bonds is 51. The molecular weight excluding hydrogens is 925 g/mol. The Morgan fingerprint density at radius 3 is 1.19 bits per heavy atom. The van der Waals surface area contributed by atoms with E-state index in [9.17, 15) is 33.6 Å². The third-order valence-electron chi connectivity index (χ3n) is 12.7. The lowest BCUT2D eigenvalue weighted by Gasteiger charge is -2.24. The van der Waals surface area contributed by atoms with Crippen LogP contribution in [-0.4, -0.2) is 142 Å². The molecule has 72 heavy (non-hydrogen) atoms. The van der Waals surface area contributed by atoms with Crippen molar-refractivity contribution in [2.45, 2.75) is 223 Å². The monoisotopic (exact) mass is 1030 g/mol.